The van der Waals surface area contributed by atoms with E-state index in [4.69, 9.17) is 17.0 Å². The van der Waals surface area contributed by atoms with Gasteiger partial charge in [0.1, 0.15) is 5.82 Å². The van der Waals surface area contributed by atoms with E-state index >= 15 is 0 Å². The van der Waals surface area contributed by atoms with Gasteiger partial charge in [0.05, 0.1) is 31.7 Å². The number of hydrogen-bond donors (Lipinski definition) is 1. The van der Waals surface area contributed by atoms with Gasteiger partial charge >= 0.3 is 5.97 Å². The van der Waals surface area contributed by atoms with E-state index in [1.165, 1.54) is 18.1 Å². The first-order chi connectivity index (χ1) is 12.0. The van der Waals surface area contributed by atoms with Gasteiger partial charge in [-0.15, -0.1) is 5.10 Å². The van der Waals surface area contributed by atoms with Crippen LogP contribution in [0.3, 0.4) is 0 Å². The third-order valence-electron chi connectivity index (χ3n) is 4.76. The Balaban J connectivity index is 1.75. The molecule has 0 amide bonds. The van der Waals surface area contributed by atoms with Gasteiger partial charge in [-0.05, 0) is 24.4 Å². The molecule has 1 saturated heterocycles. The summed E-state index contributed by atoms with van der Waals surface area (Å²) in [4.78, 5) is 12.9. The molecule has 0 unspecified atom stereocenters. The molecule has 1 aliphatic rings. The molecule has 0 bridgehead atoms. The molecule has 134 valence electrons. The lowest BCUT2D eigenvalue weighted by molar-refractivity contribution is -0.929. The second-order valence-electron chi connectivity index (χ2n) is 6.35. The van der Waals surface area contributed by atoms with Crippen molar-refractivity contribution in [3.05, 3.63) is 34.9 Å². The topological polar surface area (TPSA) is 53.5 Å². The van der Waals surface area contributed by atoms with Gasteiger partial charge in [0.2, 0.25) is 4.77 Å². The molecule has 1 aromatic heterocycles. The summed E-state index contributed by atoms with van der Waals surface area (Å²) in [5.41, 5.74) is 0.439. The minimum atomic E-state index is -0.316. The number of hydrogen-bond acceptors (Lipinski definition) is 4. The summed E-state index contributed by atoms with van der Waals surface area (Å²) in [6.45, 7) is 2.31. The third-order valence-corrected chi connectivity index (χ3v) is 5.24. The van der Waals surface area contributed by atoms with Crippen molar-refractivity contribution in [2.75, 3.05) is 20.2 Å². The molecule has 25 heavy (non-hydrogen) atoms. The van der Waals surface area contributed by atoms with Crippen molar-refractivity contribution < 1.29 is 18.8 Å². The number of quaternary nitrogens is 1. The number of carbonyl (C=O) groups excluding carboxylic acids is 1. The SMILES string of the molecule is COC(=O)C1CC[NH+](Cn2nc(-c3ccccc3F)n(C)c2=S)CC1. The minimum Gasteiger partial charge on any atom is -0.469 e. The van der Waals surface area contributed by atoms with Gasteiger partial charge in [-0.1, -0.05) is 12.1 Å². The number of rotatable bonds is 4. The zero-order valence-electron chi connectivity index (χ0n) is 14.4. The molecule has 1 aromatic carbocycles. The Morgan fingerprint density at radius 2 is 2.08 bits per heavy atom. The van der Waals surface area contributed by atoms with E-state index in [-0.39, 0.29) is 17.7 Å². The minimum absolute atomic E-state index is 0.0144. The highest BCUT2D eigenvalue weighted by molar-refractivity contribution is 7.71. The lowest BCUT2D eigenvalue weighted by atomic mass is 9.97. The zero-order chi connectivity index (χ0) is 18.0. The number of esters is 1. The number of piperidine rings is 1. The average Bonchev–Trinajstić information content (AvgIpc) is 2.90. The molecule has 0 aliphatic carbocycles. The number of methoxy groups -OCH3 is 1. The summed E-state index contributed by atoms with van der Waals surface area (Å²) in [5.74, 6) is 0.0608. The standard InChI is InChI=1S/C17H21FN4O2S/c1-20-15(13-5-3-4-6-14(13)18)19-22(17(20)25)11-21-9-7-12(8-10-21)16(23)24-2/h3-6,12H,7-11H2,1-2H3/p+1. The largest absolute Gasteiger partial charge is 0.469 e. The molecule has 0 spiro atoms. The van der Waals surface area contributed by atoms with Gasteiger partial charge in [-0.25, -0.2) is 4.39 Å². The smallest absolute Gasteiger partial charge is 0.309 e. The molecule has 0 saturated carbocycles. The lowest BCUT2D eigenvalue weighted by Gasteiger charge is -2.27. The second-order valence-corrected chi connectivity index (χ2v) is 6.72. The van der Waals surface area contributed by atoms with Gasteiger partial charge in [-0.2, -0.15) is 4.68 Å². The van der Waals surface area contributed by atoms with E-state index in [1.807, 2.05) is 0 Å². The first-order valence-electron chi connectivity index (χ1n) is 8.31. The van der Waals surface area contributed by atoms with Gasteiger partial charge in [0.15, 0.2) is 12.5 Å². The summed E-state index contributed by atoms with van der Waals surface area (Å²) in [5, 5.41) is 4.53. The summed E-state index contributed by atoms with van der Waals surface area (Å²) >= 11 is 5.46. The Hall–Kier alpha value is -2.06. The Bertz CT molecular complexity index is 824. The van der Waals surface area contributed by atoms with Crippen molar-refractivity contribution in [2.24, 2.45) is 13.0 Å². The fourth-order valence-electron chi connectivity index (χ4n) is 3.27. The lowest BCUT2D eigenvalue weighted by Crippen LogP contribution is -3.12. The van der Waals surface area contributed by atoms with Crippen LogP contribution in [0.4, 0.5) is 4.39 Å². The first-order valence-corrected chi connectivity index (χ1v) is 8.72. The van der Waals surface area contributed by atoms with Crippen LogP contribution in [0.5, 0.6) is 0 Å². The van der Waals surface area contributed by atoms with Crippen LogP contribution >= 0.6 is 12.2 Å². The van der Waals surface area contributed by atoms with Crippen molar-refractivity contribution in [1.82, 2.24) is 14.3 Å². The molecule has 1 aliphatic heterocycles. The molecule has 0 atom stereocenters. The van der Waals surface area contributed by atoms with E-state index in [9.17, 15) is 9.18 Å². The van der Waals surface area contributed by atoms with Crippen molar-refractivity contribution in [1.29, 1.82) is 0 Å². The van der Waals surface area contributed by atoms with Crippen LogP contribution in [0.1, 0.15) is 12.8 Å². The van der Waals surface area contributed by atoms with E-state index in [0.29, 0.717) is 22.8 Å². The van der Waals surface area contributed by atoms with E-state index in [2.05, 4.69) is 5.10 Å². The van der Waals surface area contributed by atoms with Crippen LogP contribution in [-0.4, -0.2) is 40.5 Å². The van der Waals surface area contributed by atoms with Crippen LogP contribution < -0.4 is 4.90 Å². The number of halogens is 1. The third kappa shape index (κ3) is 3.64. The van der Waals surface area contributed by atoms with Gasteiger partial charge < -0.3 is 14.2 Å². The van der Waals surface area contributed by atoms with Gasteiger partial charge in [0.25, 0.3) is 0 Å². The predicted molar refractivity (Wildman–Crippen MR) is 92.9 cm³/mol. The molecule has 3 rings (SSSR count). The van der Waals surface area contributed by atoms with Gasteiger partial charge in [-0.3, -0.25) is 4.79 Å². The van der Waals surface area contributed by atoms with Crippen LogP contribution in [0.25, 0.3) is 11.4 Å². The highest BCUT2D eigenvalue weighted by Gasteiger charge is 2.28. The average molecular weight is 365 g/mol. The first kappa shape index (κ1) is 17.8. The number of ether oxygens (including phenoxy) is 1. The molecule has 0 radical (unpaired) electrons. The normalized spacial score (nSPS) is 20.4. The number of nitrogens with one attached hydrogen (secondary N) is 1. The number of nitrogens with zero attached hydrogens (tertiary/aromatic N) is 3. The maximum atomic E-state index is 14.1. The Morgan fingerprint density at radius 3 is 2.72 bits per heavy atom. The number of likely N-dealkylation sites (tertiary alicyclic amines) is 1. The van der Waals surface area contributed by atoms with E-state index < -0.39 is 0 Å². The fraction of sp³-hybridized carbons (Fsp3) is 0.471. The van der Waals surface area contributed by atoms with E-state index in [1.54, 1.807) is 34.5 Å². The molecule has 2 aromatic rings. The van der Waals surface area contributed by atoms with E-state index in [0.717, 1.165) is 25.9 Å². The molecule has 6 nitrogen and oxygen atoms in total. The summed E-state index contributed by atoms with van der Waals surface area (Å²) in [6.07, 6.45) is 1.59. The monoisotopic (exact) mass is 365 g/mol. The Kier molecular flexibility index (Phi) is 5.29. The predicted octanol–water partition coefficient (Wildman–Crippen LogP) is 1.18. The van der Waals surface area contributed by atoms with Gasteiger partial charge in [0, 0.05) is 19.9 Å². The van der Waals surface area contributed by atoms with Crippen molar-refractivity contribution >= 4 is 18.2 Å². The molecule has 1 N–H and O–H groups in total. The maximum absolute atomic E-state index is 14.1. The molecular formula is C17H22FN4O2S+. The highest BCUT2D eigenvalue weighted by atomic mass is 32.1. The van der Waals surface area contributed by atoms with Crippen LogP contribution in [0, 0.1) is 16.5 Å². The summed E-state index contributed by atoms with van der Waals surface area (Å²) < 4.78 is 22.9. The van der Waals surface area contributed by atoms with Crippen molar-refractivity contribution in [3.63, 3.8) is 0 Å². The zero-order valence-corrected chi connectivity index (χ0v) is 15.2. The number of aromatic nitrogens is 3. The number of benzene rings is 1. The fourth-order valence-corrected chi connectivity index (χ4v) is 3.46. The van der Waals surface area contributed by atoms with Crippen molar-refractivity contribution in [2.45, 2.75) is 19.5 Å². The number of carbonyl (C=O) groups is 1. The molecular weight excluding hydrogens is 343 g/mol. The molecule has 2 heterocycles. The highest BCUT2D eigenvalue weighted by Crippen LogP contribution is 2.20. The molecule has 1 fully saturated rings. The van der Waals surface area contributed by atoms with Crippen molar-refractivity contribution in [3.8, 4) is 11.4 Å². The summed E-state index contributed by atoms with van der Waals surface area (Å²) in [7, 11) is 3.23. The maximum Gasteiger partial charge on any atom is 0.309 e. The van der Waals surface area contributed by atoms with Crippen LogP contribution in [-0.2, 0) is 23.2 Å². The molecule has 8 heteroatoms. The quantitative estimate of drug-likeness (QED) is 0.653. The van der Waals surface area contributed by atoms with Crippen LogP contribution in [0.15, 0.2) is 24.3 Å². The second kappa shape index (κ2) is 7.45. The summed E-state index contributed by atoms with van der Waals surface area (Å²) in [6, 6.07) is 6.55. The Labute approximate surface area is 150 Å². The van der Waals surface area contributed by atoms with Crippen LogP contribution in [0.2, 0.25) is 0 Å². The Morgan fingerprint density at radius 1 is 1.40 bits per heavy atom.